The van der Waals surface area contributed by atoms with Gasteiger partial charge in [-0.2, -0.15) is 0 Å². The lowest BCUT2D eigenvalue weighted by Crippen LogP contribution is -1.93. The summed E-state index contributed by atoms with van der Waals surface area (Å²) in [5, 5.41) is 0.742. The highest BCUT2D eigenvalue weighted by atomic mass is 35.5. The molecule has 84 valence electrons. The minimum absolute atomic E-state index is 0.742. The molecule has 0 radical (unpaired) electrons. The molecule has 0 bridgehead atoms. The van der Waals surface area contributed by atoms with Crippen LogP contribution in [-0.2, 0) is 0 Å². The molecule has 0 atom stereocenters. The summed E-state index contributed by atoms with van der Waals surface area (Å²) >= 11 is 5.90. The smallest absolute Gasteiger partial charge is 0.144 e. The Labute approximate surface area is 104 Å². The zero-order valence-corrected chi connectivity index (χ0v) is 10.1. The second-order valence-electron chi connectivity index (χ2n) is 4.02. The van der Waals surface area contributed by atoms with Gasteiger partial charge in [-0.05, 0) is 43.3 Å². The highest BCUT2D eigenvalue weighted by Gasteiger charge is 2.07. The lowest BCUT2D eigenvalue weighted by molar-refractivity contribution is 1.08. The number of nitrogens with zero attached hydrogens (tertiary/aromatic N) is 2. The fourth-order valence-corrected chi connectivity index (χ4v) is 2.14. The summed E-state index contributed by atoms with van der Waals surface area (Å²) in [6, 6.07) is 13.9. The van der Waals surface area contributed by atoms with Crippen LogP contribution < -0.4 is 0 Å². The summed E-state index contributed by atoms with van der Waals surface area (Å²) in [7, 11) is 0. The number of aryl methyl sites for hydroxylation is 1. The zero-order valence-electron chi connectivity index (χ0n) is 9.39. The fraction of sp³-hybridized carbons (Fsp3) is 0.0714. The Morgan fingerprint density at radius 3 is 2.59 bits per heavy atom. The fourth-order valence-electron chi connectivity index (χ4n) is 2.02. The van der Waals surface area contributed by atoms with Crippen molar-refractivity contribution in [2.24, 2.45) is 0 Å². The molecule has 3 aromatic rings. The lowest BCUT2D eigenvalue weighted by atomic mass is 10.2. The number of fused-ring (bicyclic) bond motifs is 1. The van der Waals surface area contributed by atoms with Gasteiger partial charge in [-0.25, -0.2) is 4.98 Å². The number of hydrogen-bond donors (Lipinski definition) is 0. The Kier molecular flexibility index (Phi) is 2.37. The summed E-state index contributed by atoms with van der Waals surface area (Å²) in [6.45, 7) is 2.08. The van der Waals surface area contributed by atoms with Crippen LogP contribution in [-0.4, -0.2) is 9.38 Å². The molecule has 0 unspecified atom stereocenters. The Balaban J connectivity index is 2.27. The first-order valence-electron chi connectivity index (χ1n) is 5.45. The van der Waals surface area contributed by atoms with Crippen LogP contribution in [0.4, 0.5) is 0 Å². The Bertz CT molecular complexity index is 668. The van der Waals surface area contributed by atoms with Gasteiger partial charge in [0, 0.05) is 16.3 Å². The van der Waals surface area contributed by atoms with Crippen LogP contribution in [0, 0.1) is 6.92 Å². The van der Waals surface area contributed by atoms with Crippen LogP contribution >= 0.6 is 11.6 Å². The molecule has 0 spiro atoms. The minimum atomic E-state index is 0.742. The van der Waals surface area contributed by atoms with E-state index >= 15 is 0 Å². The number of rotatable bonds is 1. The summed E-state index contributed by atoms with van der Waals surface area (Å²) in [6.07, 6.45) is 1.89. The molecule has 0 N–H and O–H groups in total. The molecule has 2 aromatic heterocycles. The van der Waals surface area contributed by atoms with Crippen molar-refractivity contribution in [3.63, 3.8) is 0 Å². The van der Waals surface area contributed by atoms with Gasteiger partial charge in [0.15, 0.2) is 0 Å². The molecule has 0 aliphatic carbocycles. The number of pyridine rings is 1. The van der Waals surface area contributed by atoms with Gasteiger partial charge < -0.3 is 0 Å². The van der Waals surface area contributed by atoms with Crippen molar-refractivity contribution in [1.82, 2.24) is 9.38 Å². The number of aromatic nitrogens is 2. The van der Waals surface area contributed by atoms with E-state index in [1.54, 1.807) is 0 Å². The van der Waals surface area contributed by atoms with Crippen LogP contribution in [0.3, 0.4) is 0 Å². The van der Waals surface area contributed by atoms with Crippen molar-refractivity contribution < 1.29 is 0 Å². The van der Waals surface area contributed by atoms with Gasteiger partial charge in [-0.1, -0.05) is 17.7 Å². The van der Waals surface area contributed by atoms with E-state index in [0.29, 0.717) is 0 Å². The molecule has 1 aromatic carbocycles. The minimum Gasteiger partial charge on any atom is -0.297 e. The number of hydrogen-bond acceptors (Lipinski definition) is 1. The Morgan fingerprint density at radius 2 is 1.82 bits per heavy atom. The zero-order chi connectivity index (χ0) is 11.8. The van der Waals surface area contributed by atoms with Gasteiger partial charge in [0.1, 0.15) is 5.82 Å². The van der Waals surface area contributed by atoms with Crippen LogP contribution in [0.5, 0.6) is 0 Å². The second-order valence-corrected chi connectivity index (χ2v) is 4.45. The summed E-state index contributed by atoms with van der Waals surface area (Å²) in [5.41, 5.74) is 3.35. The van der Waals surface area contributed by atoms with Crippen molar-refractivity contribution in [2.75, 3.05) is 0 Å². The predicted molar refractivity (Wildman–Crippen MR) is 70.4 cm³/mol. The predicted octanol–water partition coefficient (Wildman–Crippen LogP) is 3.96. The molecule has 0 aliphatic heterocycles. The molecule has 2 nitrogen and oxygen atoms in total. The monoisotopic (exact) mass is 242 g/mol. The summed E-state index contributed by atoms with van der Waals surface area (Å²) < 4.78 is 2.14. The van der Waals surface area contributed by atoms with Crippen molar-refractivity contribution in [3.05, 3.63) is 59.4 Å². The molecule has 3 rings (SSSR count). The highest BCUT2D eigenvalue weighted by molar-refractivity contribution is 6.30. The maximum atomic E-state index is 5.90. The molecular formula is C14H11ClN2. The van der Waals surface area contributed by atoms with Crippen LogP contribution in [0.1, 0.15) is 5.69 Å². The molecule has 0 saturated heterocycles. The molecule has 17 heavy (non-hydrogen) atoms. The van der Waals surface area contributed by atoms with Crippen LogP contribution in [0.15, 0.2) is 48.7 Å². The van der Waals surface area contributed by atoms with E-state index in [4.69, 9.17) is 11.6 Å². The molecule has 3 heteroatoms. The summed E-state index contributed by atoms with van der Waals surface area (Å²) in [5.74, 6) is 0.953. The second kappa shape index (κ2) is 3.90. The first kappa shape index (κ1) is 10.4. The highest BCUT2D eigenvalue weighted by Crippen LogP contribution is 2.22. The number of halogens is 1. The van der Waals surface area contributed by atoms with Gasteiger partial charge >= 0.3 is 0 Å². The van der Waals surface area contributed by atoms with E-state index in [0.717, 1.165) is 21.9 Å². The standard InChI is InChI=1S/C14H11ClN2/c1-10-3-2-4-13-9-16-14(17(10)13)11-5-7-12(15)8-6-11/h2-9H,1H3. The SMILES string of the molecule is Cc1cccc2cnc(-c3ccc(Cl)cc3)n12. The molecule has 0 saturated carbocycles. The maximum Gasteiger partial charge on any atom is 0.144 e. The molecule has 0 fully saturated rings. The van der Waals surface area contributed by atoms with E-state index in [9.17, 15) is 0 Å². The largest absolute Gasteiger partial charge is 0.297 e. The molecular weight excluding hydrogens is 232 g/mol. The molecule has 0 aliphatic rings. The van der Waals surface area contributed by atoms with Gasteiger partial charge in [0.25, 0.3) is 0 Å². The van der Waals surface area contributed by atoms with Crippen molar-refractivity contribution >= 4 is 17.1 Å². The van der Waals surface area contributed by atoms with Crippen LogP contribution in [0.25, 0.3) is 16.9 Å². The summed E-state index contributed by atoms with van der Waals surface area (Å²) in [4.78, 5) is 4.48. The normalized spacial score (nSPS) is 10.9. The average molecular weight is 243 g/mol. The maximum absolute atomic E-state index is 5.90. The Morgan fingerprint density at radius 1 is 1.06 bits per heavy atom. The van der Waals surface area contributed by atoms with Crippen molar-refractivity contribution in [2.45, 2.75) is 6.92 Å². The molecule has 2 heterocycles. The first-order chi connectivity index (χ1) is 8.25. The van der Waals surface area contributed by atoms with Gasteiger partial charge in [0.2, 0.25) is 0 Å². The van der Waals surface area contributed by atoms with E-state index in [1.807, 2.05) is 36.5 Å². The van der Waals surface area contributed by atoms with E-state index in [1.165, 1.54) is 5.69 Å². The van der Waals surface area contributed by atoms with E-state index in [-0.39, 0.29) is 0 Å². The third kappa shape index (κ3) is 1.71. The number of imidazole rings is 1. The third-order valence-electron chi connectivity index (χ3n) is 2.85. The number of benzene rings is 1. The first-order valence-corrected chi connectivity index (χ1v) is 5.82. The third-order valence-corrected chi connectivity index (χ3v) is 3.10. The van der Waals surface area contributed by atoms with Gasteiger partial charge in [-0.15, -0.1) is 0 Å². The quantitative estimate of drug-likeness (QED) is 0.631. The van der Waals surface area contributed by atoms with Crippen molar-refractivity contribution in [1.29, 1.82) is 0 Å². The Hall–Kier alpha value is -1.80. The van der Waals surface area contributed by atoms with Crippen LogP contribution in [0.2, 0.25) is 5.02 Å². The van der Waals surface area contributed by atoms with Gasteiger partial charge in [0.05, 0.1) is 11.7 Å². The van der Waals surface area contributed by atoms with Gasteiger partial charge in [-0.3, -0.25) is 4.40 Å². The van der Waals surface area contributed by atoms with Crippen molar-refractivity contribution in [3.8, 4) is 11.4 Å². The van der Waals surface area contributed by atoms with E-state index < -0.39 is 0 Å². The average Bonchev–Trinajstić information content (AvgIpc) is 2.75. The van der Waals surface area contributed by atoms with E-state index in [2.05, 4.69) is 28.4 Å². The molecule has 0 amide bonds. The topological polar surface area (TPSA) is 17.3 Å². The lowest BCUT2D eigenvalue weighted by Gasteiger charge is -2.05.